The van der Waals surface area contributed by atoms with Gasteiger partial charge >= 0.3 is 0 Å². The van der Waals surface area contributed by atoms with Crippen LogP contribution in [0.1, 0.15) is 45.2 Å². The van der Waals surface area contributed by atoms with Gasteiger partial charge in [-0.25, -0.2) is 8.78 Å². The van der Waals surface area contributed by atoms with Crippen molar-refractivity contribution in [1.29, 1.82) is 0 Å². The summed E-state index contributed by atoms with van der Waals surface area (Å²) in [5.74, 6) is -0.432. The molecule has 0 fully saturated rings. The van der Waals surface area contributed by atoms with E-state index in [1.807, 2.05) is 0 Å². The zero-order chi connectivity index (χ0) is 12.8. The first-order chi connectivity index (χ1) is 8.06. The number of benzene rings is 1. The Labute approximate surface area is 102 Å². The largest absolute Gasteiger partial charge is 0.310 e. The molecule has 1 aromatic carbocycles. The fourth-order valence-corrected chi connectivity index (χ4v) is 2.00. The summed E-state index contributed by atoms with van der Waals surface area (Å²) in [5, 5.41) is 3.19. The van der Waals surface area contributed by atoms with Crippen LogP contribution in [0, 0.1) is 17.6 Å². The minimum absolute atomic E-state index is 0.135. The third kappa shape index (κ3) is 4.08. The molecule has 17 heavy (non-hydrogen) atoms. The first-order valence-electron chi connectivity index (χ1n) is 6.23. The molecule has 96 valence electrons. The Balaban J connectivity index is 2.61. The highest BCUT2D eigenvalue weighted by Crippen LogP contribution is 2.20. The standard InChI is InChI=1S/C14H21F2N/c1-4-6-10(2)9-17-11(3)14-12(15)7-5-8-13(14)16/h5,7-8,10-11,17H,4,6,9H2,1-3H3. The SMILES string of the molecule is CCCC(C)CNC(C)c1c(F)cccc1F. The molecule has 1 nitrogen and oxygen atoms in total. The summed E-state index contributed by atoms with van der Waals surface area (Å²) in [5.41, 5.74) is 0.135. The maximum atomic E-state index is 13.5. The highest BCUT2D eigenvalue weighted by molar-refractivity contribution is 5.22. The molecule has 2 unspecified atom stereocenters. The third-order valence-electron chi connectivity index (χ3n) is 2.99. The molecule has 0 amide bonds. The fourth-order valence-electron chi connectivity index (χ4n) is 2.00. The van der Waals surface area contributed by atoms with Crippen LogP contribution in [0.5, 0.6) is 0 Å². The Morgan fingerprint density at radius 1 is 1.18 bits per heavy atom. The van der Waals surface area contributed by atoms with Gasteiger partial charge in [-0.15, -0.1) is 0 Å². The van der Waals surface area contributed by atoms with Crippen molar-refractivity contribution in [3.63, 3.8) is 0 Å². The van der Waals surface area contributed by atoms with Gasteiger partial charge < -0.3 is 5.32 Å². The maximum Gasteiger partial charge on any atom is 0.130 e. The summed E-state index contributed by atoms with van der Waals surface area (Å²) in [6.45, 7) is 6.85. The highest BCUT2D eigenvalue weighted by atomic mass is 19.1. The van der Waals surface area contributed by atoms with Crippen molar-refractivity contribution in [1.82, 2.24) is 5.32 Å². The van der Waals surface area contributed by atoms with E-state index in [4.69, 9.17) is 0 Å². The normalized spacial score (nSPS) is 14.6. The summed E-state index contributed by atoms with van der Waals surface area (Å²) < 4.78 is 27.0. The number of nitrogens with one attached hydrogen (secondary N) is 1. The predicted molar refractivity (Wildman–Crippen MR) is 66.8 cm³/mol. The quantitative estimate of drug-likeness (QED) is 0.792. The molecule has 1 rings (SSSR count). The van der Waals surface area contributed by atoms with Crippen molar-refractivity contribution in [3.05, 3.63) is 35.4 Å². The minimum Gasteiger partial charge on any atom is -0.310 e. The van der Waals surface area contributed by atoms with Gasteiger partial charge in [-0.3, -0.25) is 0 Å². The lowest BCUT2D eigenvalue weighted by molar-refractivity contribution is 0.424. The molecule has 0 spiro atoms. The van der Waals surface area contributed by atoms with E-state index in [0.29, 0.717) is 5.92 Å². The number of hydrogen-bond donors (Lipinski definition) is 1. The van der Waals surface area contributed by atoms with E-state index < -0.39 is 11.6 Å². The summed E-state index contributed by atoms with van der Waals surface area (Å²) in [6, 6.07) is 3.69. The van der Waals surface area contributed by atoms with E-state index in [-0.39, 0.29) is 11.6 Å². The van der Waals surface area contributed by atoms with Crippen molar-refractivity contribution in [3.8, 4) is 0 Å². The van der Waals surface area contributed by atoms with Crippen molar-refractivity contribution in [2.75, 3.05) is 6.54 Å². The van der Waals surface area contributed by atoms with E-state index in [2.05, 4.69) is 19.2 Å². The third-order valence-corrected chi connectivity index (χ3v) is 2.99. The van der Waals surface area contributed by atoms with Crippen LogP contribution in [-0.2, 0) is 0 Å². The average Bonchev–Trinajstić information content (AvgIpc) is 2.26. The molecule has 0 aromatic heterocycles. The second-order valence-corrected chi connectivity index (χ2v) is 4.66. The lowest BCUT2D eigenvalue weighted by atomic mass is 10.0. The van der Waals surface area contributed by atoms with Crippen LogP contribution in [0.25, 0.3) is 0 Å². The summed E-state index contributed by atoms with van der Waals surface area (Å²) >= 11 is 0. The Bertz CT molecular complexity index is 332. The number of hydrogen-bond acceptors (Lipinski definition) is 1. The highest BCUT2D eigenvalue weighted by Gasteiger charge is 2.15. The van der Waals surface area contributed by atoms with E-state index in [1.54, 1.807) is 6.92 Å². The molecular formula is C14H21F2N. The molecule has 1 N–H and O–H groups in total. The molecule has 0 radical (unpaired) electrons. The van der Waals surface area contributed by atoms with Gasteiger partial charge in [-0.1, -0.05) is 26.3 Å². The van der Waals surface area contributed by atoms with Gasteiger partial charge in [0.1, 0.15) is 11.6 Å². The van der Waals surface area contributed by atoms with Crippen LogP contribution >= 0.6 is 0 Å². The number of rotatable bonds is 6. The maximum absolute atomic E-state index is 13.5. The van der Waals surface area contributed by atoms with E-state index in [1.165, 1.54) is 18.2 Å². The van der Waals surface area contributed by atoms with Crippen LogP contribution in [0.4, 0.5) is 8.78 Å². The Kier molecular flexibility index (Phi) is 5.56. The topological polar surface area (TPSA) is 12.0 Å². The van der Waals surface area contributed by atoms with Gasteiger partial charge in [-0.05, 0) is 37.9 Å². The van der Waals surface area contributed by atoms with Gasteiger partial charge in [0.15, 0.2) is 0 Å². The van der Waals surface area contributed by atoms with Crippen molar-refractivity contribution in [2.45, 2.75) is 39.7 Å². The smallest absolute Gasteiger partial charge is 0.130 e. The molecule has 2 atom stereocenters. The van der Waals surface area contributed by atoms with Gasteiger partial charge in [0, 0.05) is 11.6 Å². The van der Waals surface area contributed by atoms with Crippen molar-refractivity contribution in [2.24, 2.45) is 5.92 Å². The second-order valence-electron chi connectivity index (χ2n) is 4.66. The molecule has 0 saturated heterocycles. The molecule has 0 aliphatic rings. The Morgan fingerprint density at radius 2 is 1.76 bits per heavy atom. The molecule has 0 aliphatic carbocycles. The van der Waals surface area contributed by atoms with Crippen molar-refractivity contribution < 1.29 is 8.78 Å². The Hall–Kier alpha value is -0.960. The van der Waals surface area contributed by atoms with Crippen LogP contribution in [0.3, 0.4) is 0 Å². The summed E-state index contributed by atoms with van der Waals surface area (Å²) in [6.07, 6.45) is 2.25. The van der Waals surface area contributed by atoms with E-state index in [9.17, 15) is 8.78 Å². The molecule has 0 heterocycles. The zero-order valence-corrected chi connectivity index (χ0v) is 10.8. The molecular weight excluding hydrogens is 220 g/mol. The summed E-state index contributed by atoms with van der Waals surface area (Å²) in [7, 11) is 0. The lowest BCUT2D eigenvalue weighted by Gasteiger charge is -2.18. The van der Waals surface area contributed by atoms with E-state index >= 15 is 0 Å². The van der Waals surface area contributed by atoms with Crippen molar-refractivity contribution >= 4 is 0 Å². The first kappa shape index (κ1) is 14.1. The molecule has 0 aliphatic heterocycles. The van der Waals surface area contributed by atoms with Gasteiger partial charge in [0.2, 0.25) is 0 Å². The van der Waals surface area contributed by atoms with Crippen LogP contribution in [0.15, 0.2) is 18.2 Å². The molecule has 0 saturated carbocycles. The number of halogens is 2. The van der Waals surface area contributed by atoms with Gasteiger partial charge in [-0.2, -0.15) is 0 Å². The average molecular weight is 241 g/mol. The van der Waals surface area contributed by atoms with Crippen LogP contribution in [0.2, 0.25) is 0 Å². The lowest BCUT2D eigenvalue weighted by Crippen LogP contribution is -2.25. The Morgan fingerprint density at radius 3 is 2.29 bits per heavy atom. The molecule has 3 heteroatoms. The summed E-state index contributed by atoms with van der Waals surface area (Å²) in [4.78, 5) is 0. The van der Waals surface area contributed by atoms with Crippen LogP contribution < -0.4 is 5.32 Å². The monoisotopic (exact) mass is 241 g/mol. The minimum atomic E-state index is -0.479. The second kappa shape index (κ2) is 6.70. The molecule has 0 bridgehead atoms. The van der Waals surface area contributed by atoms with E-state index in [0.717, 1.165) is 19.4 Å². The molecule has 1 aromatic rings. The van der Waals surface area contributed by atoms with Gasteiger partial charge in [0.05, 0.1) is 0 Å². The van der Waals surface area contributed by atoms with Gasteiger partial charge in [0.25, 0.3) is 0 Å². The fraction of sp³-hybridized carbons (Fsp3) is 0.571. The zero-order valence-electron chi connectivity index (χ0n) is 10.8. The predicted octanol–water partition coefficient (Wildman–Crippen LogP) is 4.05. The van der Waals surface area contributed by atoms with Crippen LogP contribution in [-0.4, -0.2) is 6.54 Å². The first-order valence-corrected chi connectivity index (χ1v) is 6.23.